The Kier molecular flexibility index (Phi) is 4.88. The summed E-state index contributed by atoms with van der Waals surface area (Å²) in [5.74, 6) is 1.65. The van der Waals surface area contributed by atoms with Crippen molar-refractivity contribution in [1.29, 1.82) is 0 Å². The average Bonchev–Trinajstić information content (AvgIpc) is 3.20. The van der Waals surface area contributed by atoms with Gasteiger partial charge in [0, 0.05) is 23.7 Å². The minimum Gasteiger partial charge on any atom is -0.394 e. The first-order chi connectivity index (χ1) is 14.2. The van der Waals surface area contributed by atoms with Crippen LogP contribution < -0.4 is 4.90 Å². The van der Waals surface area contributed by atoms with E-state index < -0.39 is 24.5 Å². The Labute approximate surface area is 171 Å². The van der Waals surface area contributed by atoms with Gasteiger partial charge >= 0.3 is 0 Å². The van der Waals surface area contributed by atoms with Crippen LogP contribution in [0.3, 0.4) is 0 Å². The summed E-state index contributed by atoms with van der Waals surface area (Å²) in [7, 11) is 0. The van der Waals surface area contributed by atoms with E-state index in [-0.39, 0.29) is 6.61 Å². The van der Waals surface area contributed by atoms with Gasteiger partial charge in [-0.05, 0) is 11.6 Å². The van der Waals surface area contributed by atoms with Gasteiger partial charge in [-0.25, -0.2) is 15.0 Å². The zero-order valence-electron chi connectivity index (χ0n) is 15.5. The number of fused-ring (bicyclic) bond motifs is 2. The van der Waals surface area contributed by atoms with Crippen LogP contribution in [0.15, 0.2) is 41.8 Å². The standard InChI is InChI=1S/C19H21N5O4S/c25-8-12-15(26)16(27)19(28-12)24-10-22-14-17(20-9-21-18(14)24)23-5-6-29-13-4-2-1-3-11(13)7-23/h1-4,9-10,12,15-16,19,25-27H,5-8H2/t12-,15-,16-,19-/m1/s1. The number of nitrogens with zero attached hydrogens (tertiary/aromatic N) is 5. The molecule has 1 aromatic carbocycles. The summed E-state index contributed by atoms with van der Waals surface area (Å²) in [6.07, 6.45) is -1.10. The van der Waals surface area contributed by atoms with E-state index in [1.165, 1.54) is 23.1 Å². The third-order valence-electron chi connectivity index (χ3n) is 5.38. The number of hydrogen-bond donors (Lipinski definition) is 3. The highest BCUT2D eigenvalue weighted by Crippen LogP contribution is 2.34. The number of aromatic nitrogens is 4. The number of benzene rings is 1. The smallest absolute Gasteiger partial charge is 0.167 e. The Hall–Kier alpha value is -2.24. The number of rotatable bonds is 3. The molecule has 152 valence electrons. The molecule has 4 atom stereocenters. The molecule has 10 heteroatoms. The molecule has 0 aliphatic carbocycles. The Bertz CT molecular complexity index is 1030. The Morgan fingerprint density at radius 1 is 1.14 bits per heavy atom. The first-order valence-corrected chi connectivity index (χ1v) is 10.4. The van der Waals surface area contributed by atoms with Crippen LogP contribution in [-0.4, -0.2) is 72.1 Å². The van der Waals surface area contributed by atoms with Crippen LogP contribution in [0, 0.1) is 0 Å². The summed E-state index contributed by atoms with van der Waals surface area (Å²) in [5, 5.41) is 29.8. The SMILES string of the molecule is OC[C@H]1O[C@@H](n2cnc3c(N4CCSc5ccccc5C4)ncnc32)[C@H](O)[C@@H]1O. The number of hydrogen-bond acceptors (Lipinski definition) is 9. The van der Waals surface area contributed by atoms with Gasteiger partial charge in [0.15, 0.2) is 23.2 Å². The van der Waals surface area contributed by atoms with Crippen molar-refractivity contribution in [2.75, 3.05) is 23.8 Å². The summed E-state index contributed by atoms with van der Waals surface area (Å²) < 4.78 is 7.22. The zero-order chi connectivity index (χ0) is 20.0. The lowest BCUT2D eigenvalue weighted by Crippen LogP contribution is -2.33. The number of ether oxygens (including phenoxy) is 1. The van der Waals surface area contributed by atoms with Crippen molar-refractivity contribution < 1.29 is 20.1 Å². The molecule has 2 aromatic heterocycles. The first kappa shape index (κ1) is 18.8. The lowest BCUT2D eigenvalue weighted by atomic mass is 10.1. The van der Waals surface area contributed by atoms with E-state index in [0.717, 1.165) is 24.7 Å². The molecule has 0 amide bonds. The van der Waals surface area contributed by atoms with Crippen LogP contribution in [0.25, 0.3) is 11.2 Å². The first-order valence-electron chi connectivity index (χ1n) is 9.43. The second-order valence-electron chi connectivity index (χ2n) is 7.13. The molecule has 3 N–H and O–H groups in total. The Balaban J connectivity index is 1.51. The predicted octanol–water partition coefficient (Wildman–Crippen LogP) is 0.550. The number of anilines is 1. The molecule has 2 aliphatic heterocycles. The molecule has 0 unspecified atom stereocenters. The van der Waals surface area contributed by atoms with E-state index in [2.05, 4.69) is 32.0 Å². The fourth-order valence-corrected chi connectivity index (χ4v) is 4.90. The van der Waals surface area contributed by atoms with Crippen LogP contribution in [0.2, 0.25) is 0 Å². The van der Waals surface area contributed by atoms with Crippen LogP contribution in [0.4, 0.5) is 5.82 Å². The maximum Gasteiger partial charge on any atom is 0.167 e. The zero-order valence-corrected chi connectivity index (χ0v) is 16.3. The van der Waals surface area contributed by atoms with Gasteiger partial charge in [-0.15, -0.1) is 11.8 Å². The second-order valence-corrected chi connectivity index (χ2v) is 8.26. The Morgan fingerprint density at radius 2 is 2.00 bits per heavy atom. The van der Waals surface area contributed by atoms with Gasteiger partial charge in [0.1, 0.15) is 24.6 Å². The Morgan fingerprint density at radius 3 is 2.83 bits per heavy atom. The largest absolute Gasteiger partial charge is 0.394 e. The lowest BCUT2D eigenvalue weighted by molar-refractivity contribution is -0.0511. The van der Waals surface area contributed by atoms with Gasteiger partial charge < -0.3 is 25.0 Å². The summed E-state index contributed by atoms with van der Waals surface area (Å²) in [6, 6.07) is 8.34. The second kappa shape index (κ2) is 7.54. The maximum atomic E-state index is 10.4. The topological polar surface area (TPSA) is 117 Å². The fourth-order valence-electron chi connectivity index (χ4n) is 3.87. The fraction of sp³-hybridized carbons (Fsp3) is 0.421. The molecule has 0 spiro atoms. The molecule has 0 bridgehead atoms. The van der Waals surface area contributed by atoms with E-state index in [9.17, 15) is 15.3 Å². The molecule has 9 nitrogen and oxygen atoms in total. The molecule has 2 aliphatic rings. The maximum absolute atomic E-state index is 10.4. The quantitative estimate of drug-likeness (QED) is 0.564. The molecule has 4 heterocycles. The van der Waals surface area contributed by atoms with Gasteiger partial charge in [-0.2, -0.15) is 0 Å². The van der Waals surface area contributed by atoms with Gasteiger partial charge in [0.05, 0.1) is 12.9 Å². The summed E-state index contributed by atoms with van der Waals surface area (Å²) in [4.78, 5) is 16.8. The molecule has 0 radical (unpaired) electrons. The number of imidazole rings is 1. The van der Waals surface area contributed by atoms with Crippen molar-refractivity contribution in [1.82, 2.24) is 19.5 Å². The third kappa shape index (κ3) is 3.17. The summed E-state index contributed by atoms with van der Waals surface area (Å²) >= 11 is 1.83. The van der Waals surface area contributed by atoms with E-state index in [1.807, 2.05) is 23.9 Å². The van der Waals surface area contributed by atoms with Gasteiger partial charge in [-0.3, -0.25) is 4.57 Å². The predicted molar refractivity (Wildman–Crippen MR) is 107 cm³/mol. The van der Waals surface area contributed by atoms with Crippen LogP contribution >= 0.6 is 11.8 Å². The van der Waals surface area contributed by atoms with E-state index in [1.54, 1.807) is 4.57 Å². The highest BCUT2D eigenvalue weighted by molar-refractivity contribution is 7.99. The van der Waals surface area contributed by atoms with Crippen molar-refractivity contribution >= 4 is 28.7 Å². The average molecular weight is 415 g/mol. The lowest BCUT2D eigenvalue weighted by Gasteiger charge is -2.22. The van der Waals surface area contributed by atoms with Crippen LogP contribution in [0.5, 0.6) is 0 Å². The van der Waals surface area contributed by atoms with E-state index in [0.29, 0.717) is 11.2 Å². The summed E-state index contributed by atoms with van der Waals surface area (Å²) in [6.45, 7) is 1.15. The molecule has 1 fully saturated rings. The number of aliphatic hydroxyl groups excluding tert-OH is 3. The highest BCUT2D eigenvalue weighted by Gasteiger charge is 2.44. The normalized spacial score (nSPS) is 27.2. The number of aliphatic hydroxyl groups is 3. The van der Waals surface area contributed by atoms with E-state index >= 15 is 0 Å². The van der Waals surface area contributed by atoms with Gasteiger partial charge in [0.2, 0.25) is 0 Å². The highest BCUT2D eigenvalue weighted by atomic mass is 32.2. The molecule has 0 saturated carbocycles. The minimum atomic E-state index is -1.19. The van der Waals surface area contributed by atoms with Gasteiger partial charge in [0.25, 0.3) is 0 Å². The van der Waals surface area contributed by atoms with Crippen LogP contribution in [0.1, 0.15) is 11.8 Å². The third-order valence-corrected chi connectivity index (χ3v) is 6.48. The van der Waals surface area contributed by atoms with Crippen molar-refractivity contribution in [3.05, 3.63) is 42.5 Å². The van der Waals surface area contributed by atoms with Crippen LogP contribution in [-0.2, 0) is 11.3 Å². The van der Waals surface area contributed by atoms with Crippen molar-refractivity contribution in [3.63, 3.8) is 0 Å². The van der Waals surface area contributed by atoms with Crippen molar-refractivity contribution in [2.45, 2.75) is 36.0 Å². The molecule has 3 aromatic rings. The van der Waals surface area contributed by atoms with E-state index in [4.69, 9.17) is 4.74 Å². The molecular formula is C19H21N5O4S. The molecule has 29 heavy (non-hydrogen) atoms. The summed E-state index contributed by atoms with van der Waals surface area (Å²) in [5.41, 5.74) is 2.36. The minimum absolute atomic E-state index is 0.382. The van der Waals surface area contributed by atoms with Gasteiger partial charge in [-0.1, -0.05) is 18.2 Å². The molecular weight excluding hydrogens is 394 g/mol. The molecule has 1 saturated heterocycles. The number of thioether (sulfide) groups is 1. The van der Waals surface area contributed by atoms with Crippen molar-refractivity contribution in [2.24, 2.45) is 0 Å². The monoisotopic (exact) mass is 415 g/mol. The molecule has 5 rings (SSSR count). The van der Waals surface area contributed by atoms with Crippen molar-refractivity contribution in [3.8, 4) is 0 Å².